The van der Waals surface area contributed by atoms with E-state index in [2.05, 4.69) is 20.8 Å². The minimum Gasteiger partial charge on any atom is -0.455 e. The van der Waals surface area contributed by atoms with Gasteiger partial charge in [-0.1, -0.05) is 17.7 Å². The molecule has 0 radical (unpaired) electrons. The summed E-state index contributed by atoms with van der Waals surface area (Å²) in [7, 11) is 0. The molecule has 0 atom stereocenters. The van der Waals surface area contributed by atoms with Crippen LogP contribution in [0.3, 0.4) is 0 Å². The van der Waals surface area contributed by atoms with Crippen molar-refractivity contribution in [3.8, 4) is 0 Å². The number of fused-ring (bicyclic) bond motifs is 1. The van der Waals surface area contributed by atoms with Crippen LogP contribution in [0.4, 0.5) is 11.5 Å². The number of hydrogen-bond donors (Lipinski definition) is 2. The van der Waals surface area contributed by atoms with Gasteiger partial charge in [-0.25, -0.2) is 10.4 Å². The summed E-state index contributed by atoms with van der Waals surface area (Å²) in [5, 5.41) is 18.0. The predicted molar refractivity (Wildman–Crippen MR) is 125 cm³/mol. The number of rotatable bonds is 5. The molecule has 2 N–H and O–H groups in total. The zero-order valence-electron chi connectivity index (χ0n) is 18.3. The number of furan rings is 1. The molecule has 1 aliphatic carbocycles. The SMILES string of the molecule is Cc1cccnc1NC(=O)c1oc2c(c1C)/C(=N/NC(=O)c1ccc(Cl)c([N+](=O)[O-])c1)CCC2. The number of hydrazone groups is 1. The van der Waals surface area contributed by atoms with Crippen LogP contribution in [0.25, 0.3) is 0 Å². The maximum Gasteiger partial charge on any atom is 0.292 e. The quantitative estimate of drug-likeness (QED) is 0.404. The van der Waals surface area contributed by atoms with E-state index in [-0.39, 0.29) is 22.0 Å². The molecule has 3 aromatic rings. The second-order valence-electron chi connectivity index (χ2n) is 7.75. The molecular formula is C23H20ClN5O5. The lowest BCUT2D eigenvalue weighted by Gasteiger charge is -2.13. The molecule has 2 heterocycles. The van der Waals surface area contributed by atoms with Crippen LogP contribution in [0.1, 0.15) is 56.2 Å². The van der Waals surface area contributed by atoms with Gasteiger partial charge in [-0.05, 0) is 50.5 Å². The van der Waals surface area contributed by atoms with Gasteiger partial charge in [0.2, 0.25) is 0 Å². The van der Waals surface area contributed by atoms with Crippen molar-refractivity contribution in [2.45, 2.75) is 33.1 Å². The smallest absolute Gasteiger partial charge is 0.292 e. The van der Waals surface area contributed by atoms with E-state index in [1.54, 1.807) is 19.2 Å². The minimum absolute atomic E-state index is 0.0474. The Kier molecular flexibility index (Phi) is 6.42. The molecule has 4 rings (SSSR count). The van der Waals surface area contributed by atoms with E-state index >= 15 is 0 Å². The first-order valence-electron chi connectivity index (χ1n) is 10.4. The van der Waals surface area contributed by atoms with Crippen LogP contribution in [0.15, 0.2) is 46.0 Å². The molecule has 10 nitrogen and oxygen atoms in total. The van der Waals surface area contributed by atoms with Gasteiger partial charge < -0.3 is 9.73 Å². The van der Waals surface area contributed by atoms with Crippen molar-refractivity contribution in [1.29, 1.82) is 0 Å². The van der Waals surface area contributed by atoms with E-state index in [1.165, 1.54) is 12.1 Å². The number of halogens is 1. The summed E-state index contributed by atoms with van der Waals surface area (Å²) in [6, 6.07) is 7.37. The molecule has 34 heavy (non-hydrogen) atoms. The van der Waals surface area contributed by atoms with Gasteiger partial charge in [0.25, 0.3) is 17.5 Å². The van der Waals surface area contributed by atoms with Gasteiger partial charge in [-0.3, -0.25) is 19.7 Å². The number of hydrogen-bond acceptors (Lipinski definition) is 7. The monoisotopic (exact) mass is 481 g/mol. The van der Waals surface area contributed by atoms with Crippen molar-refractivity contribution < 1.29 is 18.9 Å². The summed E-state index contributed by atoms with van der Waals surface area (Å²) < 4.78 is 5.86. The molecule has 174 valence electrons. The molecule has 1 aromatic carbocycles. The van der Waals surface area contributed by atoms with Crippen molar-refractivity contribution in [3.05, 3.63) is 85.4 Å². The predicted octanol–water partition coefficient (Wildman–Crippen LogP) is 4.58. The lowest BCUT2D eigenvalue weighted by molar-refractivity contribution is -0.384. The maximum atomic E-state index is 12.9. The number of nitrogens with one attached hydrogen (secondary N) is 2. The van der Waals surface area contributed by atoms with Gasteiger partial charge in [-0.15, -0.1) is 0 Å². The van der Waals surface area contributed by atoms with Gasteiger partial charge in [0.15, 0.2) is 5.76 Å². The number of nitrogens with zero attached hydrogens (tertiary/aromatic N) is 3. The summed E-state index contributed by atoms with van der Waals surface area (Å²) in [4.78, 5) is 40.0. The van der Waals surface area contributed by atoms with E-state index in [0.717, 1.165) is 18.1 Å². The van der Waals surface area contributed by atoms with Crippen molar-refractivity contribution >= 4 is 40.6 Å². The normalized spacial score (nSPS) is 13.9. The molecule has 1 aliphatic rings. The Labute approximate surface area is 199 Å². The molecule has 0 saturated heterocycles. The molecule has 0 saturated carbocycles. The molecule has 2 aromatic heterocycles. The van der Waals surface area contributed by atoms with Gasteiger partial charge in [-0.2, -0.15) is 5.10 Å². The number of nitro groups is 1. The lowest BCUT2D eigenvalue weighted by Crippen LogP contribution is -2.22. The van der Waals surface area contributed by atoms with Gasteiger partial charge >= 0.3 is 0 Å². The fraction of sp³-hybridized carbons (Fsp3) is 0.217. The molecular weight excluding hydrogens is 462 g/mol. The van der Waals surface area contributed by atoms with E-state index in [4.69, 9.17) is 16.0 Å². The highest BCUT2D eigenvalue weighted by atomic mass is 35.5. The van der Waals surface area contributed by atoms with E-state index in [0.29, 0.717) is 41.3 Å². The third-order valence-electron chi connectivity index (χ3n) is 5.47. The molecule has 0 spiro atoms. The van der Waals surface area contributed by atoms with Crippen molar-refractivity contribution in [1.82, 2.24) is 10.4 Å². The fourth-order valence-electron chi connectivity index (χ4n) is 3.75. The highest BCUT2D eigenvalue weighted by Crippen LogP contribution is 2.30. The number of carbonyl (C=O) groups is 2. The second-order valence-corrected chi connectivity index (χ2v) is 8.16. The second kappa shape index (κ2) is 9.44. The first-order chi connectivity index (χ1) is 16.3. The number of pyridine rings is 1. The first-order valence-corrected chi connectivity index (χ1v) is 10.8. The van der Waals surface area contributed by atoms with Gasteiger partial charge in [0, 0.05) is 35.4 Å². The van der Waals surface area contributed by atoms with Crippen LogP contribution < -0.4 is 10.7 Å². The Morgan fingerprint density at radius 1 is 1.21 bits per heavy atom. The highest BCUT2D eigenvalue weighted by Gasteiger charge is 2.28. The zero-order valence-corrected chi connectivity index (χ0v) is 19.1. The Morgan fingerprint density at radius 3 is 2.74 bits per heavy atom. The average molecular weight is 482 g/mol. The zero-order chi connectivity index (χ0) is 24.4. The van der Waals surface area contributed by atoms with Crippen LogP contribution in [0.5, 0.6) is 0 Å². The van der Waals surface area contributed by atoms with Gasteiger partial charge in [0.05, 0.1) is 10.6 Å². The van der Waals surface area contributed by atoms with Crippen LogP contribution in [0.2, 0.25) is 5.02 Å². The third kappa shape index (κ3) is 4.53. The van der Waals surface area contributed by atoms with Crippen molar-refractivity contribution in [3.63, 3.8) is 0 Å². The Hall–Kier alpha value is -4.05. The summed E-state index contributed by atoms with van der Waals surface area (Å²) in [6.45, 7) is 3.60. The largest absolute Gasteiger partial charge is 0.455 e. The first kappa shape index (κ1) is 23.1. The van der Waals surface area contributed by atoms with E-state index in [1.807, 2.05) is 13.0 Å². The topological polar surface area (TPSA) is 140 Å². The van der Waals surface area contributed by atoms with Gasteiger partial charge in [0.1, 0.15) is 16.6 Å². The Balaban J connectivity index is 1.57. The van der Waals surface area contributed by atoms with E-state index in [9.17, 15) is 19.7 Å². The number of carbonyl (C=O) groups excluding carboxylic acids is 2. The van der Waals surface area contributed by atoms with Crippen LogP contribution >= 0.6 is 11.6 Å². The minimum atomic E-state index is -0.660. The summed E-state index contributed by atoms with van der Waals surface area (Å²) in [5.41, 5.74) is 4.78. The molecule has 0 fully saturated rings. The van der Waals surface area contributed by atoms with E-state index < -0.39 is 16.7 Å². The summed E-state index contributed by atoms with van der Waals surface area (Å²) >= 11 is 5.81. The van der Waals surface area contributed by atoms with Crippen LogP contribution in [-0.4, -0.2) is 27.4 Å². The molecule has 0 bridgehead atoms. The number of aryl methyl sites for hydroxylation is 2. The molecule has 11 heteroatoms. The summed E-state index contributed by atoms with van der Waals surface area (Å²) in [5.74, 6) is 0.167. The number of anilines is 1. The summed E-state index contributed by atoms with van der Waals surface area (Å²) in [6.07, 6.45) is 3.50. The number of benzene rings is 1. The van der Waals surface area contributed by atoms with Crippen molar-refractivity contribution in [2.24, 2.45) is 5.10 Å². The Morgan fingerprint density at radius 2 is 2.00 bits per heavy atom. The maximum absolute atomic E-state index is 12.9. The lowest BCUT2D eigenvalue weighted by atomic mass is 9.93. The average Bonchev–Trinajstić information content (AvgIpc) is 3.16. The number of nitro benzene ring substituents is 1. The number of amides is 2. The molecule has 2 amide bonds. The molecule has 0 unspecified atom stereocenters. The third-order valence-corrected chi connectivity index (χ3v) is 5.79. The fourth-order valence-corrected chi connectivity index (χ4v) is 3.94. The number of aromatic nitrogens is 1. The van der Waals surface area contributed by atoms with Crippen LogP contribution in [0, 0.1) is 24.0 Å². The van der Waals surface area contributed by atoms with Crippen molar-refractivity contribution in [2.75, 3.05) is 5.32 Å². The Bertz CT molecular complexity index is 1350. The standard InChI is InChI=1S/C23H20ClN5O5/c1-12-5-4-10-25-21(12)26-23(31)20-13(2)19-16(6-3-7-18(19)34-20)27-28-22(30)14-8-9-15(24)17(11-14)29(32)33/h4-5,8-11H,3,6-7H2,1-2H3,(H,28,30)(H,25,26,31)/b27-16+. The highest BCUT2D eigenvalue weighted by molar-refractivity contribution is 6.32. The molecule has 0 aliphatic heterocycles. The van der Waals surface area contributed by atoms with Crippen LogP contribution in [-0.2, 0) is 6.42 Å².